The molecule has 3 aromatic heterocycles. The molecule has 0 radical (unpaired) electrons. The summed E-state index contributed by atoms with van der Waals surface area (Å²) in [5, 5.41) is 8.20. The Balaban J connectivity index is 1.41. The highest BCUT2D eigenvalue weighted by Crippen LogP contribution is 2.25. The quantitative estimate of drug-likeness (QED) is 0.747. The van der Waals surface area contributed by atoms with E-state index in [0.29, 0.717) is 6.54 Å². The van der Waals surface area contributed by atoms with Crippen molar-refractivity contribution in [2.75, 3.05) is 13.2 Å². The number of nitrogens with zero attached hydrogens (tertiary/aromatic N) is 4. The van der Waals surface area contributed by atoms with Crippen LogP contribution in [-0.4, -0.2) is 32.9 Å². The van der Waals surface area contributed by atoms with E-state index in [1.54, 1.807) is 6.20 Å². The molecule has 0 saturated carbocycles. The van der Waals surface area contributed by atoms with Gasteiger partial charge in [0.2, 0.25) is 0 Å². The van der Waals surface area contributed by atoms with Crippen LogP contribution in [0.3, 0.4) is 0 Å². The van der Waals surface area contributed by atoms with Gasteiger partial charge in [-0.1, -0.05) is 12.1 Å². The van der Waals surface area contributed by atoms with Crippen LogP contribution >= 0.6 is 0 Å². The fourth-order valence-electron chi connectivity index (χ4n) is 3.08. The second kappa shape index (κ2) is 7.55. The molecule has 0 fully saturated rings. The molecule has 0 spiro atoms. The average Bonchev–Trinajstić information content (AvgIpc) is 3.07. The third kappa shape index (κ3) is 3.92. The lowest BCUT2D eigenvalue weighted by Crippen LogP contribution is -2.27. The van der Waals surface area contributed by atoms with Crippen molar-refractivity contribution in [1.82, 2.24) is 25.1 Å². The van der Waals surface area contributed by atoms with Crippen LogP contribution < -0.4 is 5.32 Å². The fraction of sp³-hybridized carbons (Fsp3) is 0.316. The number of nitrogens with one attached hydrogen (secondary N) is 1. The van der Waals surface area contributed by atoms with Gasteiger partial charge < -0.3 is 10.1 Å². The molecule has 1 aliphatic heterocycles. The Bertz CT molecular complexity index is 803. The topological polar surface area (TPSA) is 64.9 Å². The summed E-state index contributed by atoms with van der Waals surface area (Å²) in [5.74, 6) is 0. The second-order valence-electron chi connectivity index (χ2n) is 6.16. The molecule has 6 heteroatoms. The van der Waals surface area contributed by atoms with Crippen molar-refractivity contribution in [1.29, 1.82) is 0 Å². The second-order valence-corrected chi connectivity index (χ2v) is 6.16. The van der Waals surface area contributed by atoms with Crippen molar-refractivity contribution >= 4 is 0 Å². The lowest BCUT2D eigenvalue weighted by atomic mass is 10.1. The van der Waals surface area contributed by atoms with Crippen molar-refractivity contribution in [2.24, 2.45) is 0 Å². The first-order valence-corrected chi connectivity index (χ1v) is 8.56. The summed E-state index contributed by atoms with van der Waals surface area (Å²) in [6, 6.07) is 9.96. The monoisotopic (exact) mass is 335 g/mol. The standard InChI is InChI=1S/C19H21N5O/c1-2-8-22-17(5-1)14-24-13-16-6-9-25-18(19(16)23-24)12-21-11-15-4-3-7-20-10-15/h1-5,7-8,10,13,18,21H,6,9,11-12,14H2. The Morgan fingerprint density at radius 3 is 3.04 bits per heavy atom. The molecule has 128 valence electrons. The molecular weight excluding hydrogens is 314 g/mol. The Labute approximate surface area is 146 Å². The van der Waals surface area contributed by atoms with Crippen LogP contribution in [0.1, 0.15) is 28.6 Å². The molecule has 1 N–H and O–H groups in total. The van der Waals surface area contributed by atoms with Crippen LogP contribution in [-0.2, 0) is 24.2 Å². The minimum Gasteiger partial charge on any atom is -0.370 e. The van der Waals surface area contributed by atoms with E-state index < -0.39 is 0 Å². The molecule has 6 nitrogen and oxygen atoms in total. The van der Waals surface area contributed by atoms with E-state index in [1.807, 2.05) is 41.3 Å². The molecule has 3 aromatic rings. The van der Waals surface area contributed by atoms with E-state index in [-0.39, 0.29) is 6.10 Å². The van der Waals surface area contributed by atoms with Crippen LogP contribution in [0.4, 0.5) is 0 Å². The van der Waals surface area contributed by atoms with Gasteiger partial charge in [-0.05, 0) is 35.7 Å². The van der Waals surface area contributed by atoms with E-state index in [0.717, 1.165) is 37.5 Å². The number of hydrogen-bond donors (Lipinski definition) is 1. The summed E-state index contributed by atoms with van der Waals surface area (Å²) in [4.78, 5) is 8.51. The van der Waals surface area contributed by atoms with E-state index in [1.165, 1.54) is 11.1 Å². The molecule has 0 amide bonds. The third-order valence-corrected chi connectivity index (χ3v) is 4.30. The van der Waals surface area contributed by atoms with Gasteiger partial charge in [-0.25, -0.2) is 0 Å². The molecule has 0 saturated heterocycles. The van der Waals surface area contributed by atoms with Crippen molar-refractivity contribution in [3.8, 4) is 0 Å². The van der Waals surface area contributed by atoms with Gasteiger partial charge in [0.15, 0.2) is 0 Å². The first-order valence-electron chi connectivity index (χ1n) is 8.56. The Morgan fingerprint density at radius 1 is 1.20 bits per heavy atom. The summed E-state index contributed by atoms with van der Waals surface area (Å²) in [7, 11) is 0. The van der Waals surface area contributed by atoms with Crippen molar-refractivity contribution in [3.05, 3.63) is 77.6 Å². The summed E-state index contributed by atoms with van der Waals surface area (Å²) >= 11 is 0. The smallest absolute Gasteiger partial charge is 0.114 e. The highest BCUT2D eigenvalue weighted by atomic mass is 16.5. The predicted molar refractivity (Wildman–Crippen MR) is 93.9 cm³/mol. The molecular formula is C19H21N5O. The molecule has 4 rings (SSSR count). The van der Waals surface area contributed by atoms with Crippen molar-refractivity contribution in [3.63, 3.8) is 0 Å². The van der Waals surface area contributed by atoms with E-state index >= 15 is 0 Å². The van der Waals surface area contributed by atoms with Gasteiger partial charge in [-0.2, -0.15) is 5.10 Å². The lowest BCUT2D eigenvalue weighted by molar-refractivity contribution is 0.0393. The molecule has 1 aliphatic rings. The zero-order valence-corrected chi connectivity index (χ0v) is 14.0. The lowest BCUT2D eigenvalue weighted by Gasteiger charge is -2.22. The first-order chi connectivity index (χ1) is 12.4. The van der Waals surface area contributed by atoms with Gasteiger partial charge in [0.1, 0.15) is 6.10 Å². The Morgan fingerprint density at radius 2 is 2.20 bits per heavy atom. The van der Waals surface area contributed by atoms with Crippen molar-refractivity contribution < 1.29 is 4.74 Å². The maximum Gasteiger partial charge on any atom is 0.114 e. The molecule has 0 aliphatic carbocycles. The molecule has 0 bridgehead atoms. The molecule has 1 atom stereocenters. The number of rotatable bonds is 6. The first kappa shape index (κ1) is 15.9. The molecule has 0 aromatic carbocycles. The van der Waals surface area contributed by atoms with Gasteiger partial charge in [-0.15, -0.1) is 0 Å². The minimum absolute atomic E-state index is 0.00889. The van der Waals surface area contributed by atoms with E-state index in [9.17, 15) is 0 Å². The summed E-state index contributed by atoms with van der Waals surface area (Å²) in [6.07, 6.45) is 8.51. The third-order valence-electron chi connectivity index (χ3n) is 4.30. The summed E-state index contributed by atoms with van der Waals surface area (Å²) in [6.45, 7) is 2.94. The van der Waals surface area contributed by atoms with Gasteiger partial charge in [0, 0.05) is 37.9 Å². The van der Waals surface area contributed by atoms with Crippen LogP contribution in [0, 0.1) is 0 Å². The molecule has 25 heavy (non-hydrogen) atoms. The largest absolute Gasteiger partial charge is 0.370 e. The van der Waals surface area contributed by atoms with Crippen LogP contribution in [0.2, 0.25) is 0 Å². The van der Waals surface area contributed by atoms with E-state index in [4.69, 9.17) is 9.84 Å². The Kier molecular flexibility index (Phi) is 4.81. The predicted octanol–water partition coefficient (Wildman–Crippen LogP) is 2.12. The van der Waals surface area contributed by atoms with Gasteiger partial charge >= 0.3 is 0 Å². The number of ether oxygens (including phenoxy) is 1. The summed E-state index contributed by atoms with van der Waals surface area (Å²) < 4.78 is 7.90. The highest BCUT2D eigenvalue weighted by Gasteiger charge is 2.24. The SMILES string of the molecule is c1ccc(Cn2cc3c(n2)C(CNCc2cccnc2)OCC3)nc1. The Hall–Kier alpha value is -2.57. The van der Waals surface area contributed by atoms with Crippen LogP contribution in [0.25, 0.3) is 0 Å². The molecule has 4 heterocycles. The number of pyridine rings is 2. The van der Waals surface area contributed by atoms with Gasteiger partial charge in [0.25, 0.3) is 0 Å². The fourth-order valence-corrected chi connectivity index (χ4v) is 3.08. The normalized spacial score (nSPS) is 16.6. The molecule has 1 unspecified atom stereocenters. The zero-order chi connectivity index (χ0) is 16.9. The average molecular weight is 335 g/mol. The van der Waals surface area contributed by atoms with Crippen LogP contribution in [0.15, 0.2) is 55.1 Å². The van der Waals surface area contributed by atoms with Gasteiger partial charge in [0.05, 0.1) is 24.5 Å². The maximum absolute atomic E-state index is 5.94. The van der Waals surface area contributed by atoms with Crippen molar-refractivity contribution in [2.45, 2.75) is 25.6 Å². The van der Waals surface area contributed by atoms with E-state index in [2.05, 4.69) is 27.5 Å². The number of aromatic nitrogens is 4. The van der Waals surface area contributed by atoms with Crippen LogP contribution in [0.5, 0.6) is 0 Å². The summed E-state index contributed by atoms with van der Waals surface area (Å²) in [5.41, 5.74) is 4.49. The highest BCUT2D eigenvalue weighted by molar-refractivity contribution is 5.23. The van der Waals surface area contributed by atoms with Gasteiger partial charge in [-0.3, -0.25) is 14.6 Å². The minimum atomic E-state index is -0.00889. The number of hydrogen-bond acceptors (Lipinski definition) is 5. The maximum atomic E-state index is 5.94. The zero-order valence-electron chi connectivity index (χ0n) is 14.0. The number of fused-ring (bicyclic) bond motifs is 1.